The van der Waals surface area contributed by atoms with Crippen molar-refractivity contribution in [3.63, 3.8) is 0 Å². The Balaban J connectivity index is 1.49. The molecule has 1 aliphatic heterocycles. The van der Waals surface area contributed by atoms with Crippen LogP contribution in [-0.4, -0.2) is 32.4 Å². The molecule has 0 spiro atoms. The fourth-order valence-corrected chi connectivity index (χ4v) is 4.79. The Hall–Kier alpha value is -3.73. The van der Waals surface area contributed by atoms with E-state index in [-0.39, 0.29) is 18.2 Å². The second-order valence-electron chi connectivity index (χ2n) is 7.07. The van der Waals surface area contributed by atoms with Gasteiger partial charge in [0, 0.05) is 21.4 Å². The highest BCUT2D eigenvalue weighted by Gasteiger charge is 2.35. The molecule has 2 aromatic carbocycles. The van der Waals surface area contributed by atoms with E-state index >= 15 is 0 Å². The number of aliphatic hydroxyl groups is 1. The molecule has 0 saturated heterocycles. The first-order chi connectivity index (χ1) is 16.1. The topological polar surface area (TPSA) is 103 Å². The monoisotopic (exact) mass is 474 g/mol. The molecule has 2 aromatic heterocycles. The maximum absolute atomic E-state index is 13.3. The molecule has 3 heterocycles. The predicted octanol–water partition coefficient (Wildman–Crippen LogP) is 4.29. The normalized spacial score (nSPS) is 14.7. The largest absolute Gasteiger partial charge is 0.390 e. The predicted molar refractivity (Wildman–Crippen MR) is 132 cm³/mol. The van der Waals surface area contributed by atoms with E-state index < -0.39 is 0 Å². The number of aryl methyl sites for hydroxylation is 1. The molecule has 0 fully saturated rings. The van der Waals surface area contributed by atoms with Gasteiger partial charge in [-0.1, -0.05) is 60.7 Å². The van der Waals surface area contributed by atoms with Gasteiger partial charge in [-0.25, -0.2) is 9.97 Å². The Morgan fingerprint density at radius 1 is 1.03 bits per heavy atom. The maximum atomic E-state index is 13.3. The first kappa shape index (κ1) is 21.1. The van der Waals surface area contributed by atoms with Gasteiger partial charge in [0.1, 0.15) is 5.71 Å². The first-order valence-electron chi connectivity index (χ1n) is 10.0. The quantitative estimate of drug-likeness (QED) is 0.406. The summed E-state index contributed by atoms with van der Waals surface area (Å²) in [6.45, 7) is 1.71. The molecule has 8 nitrogen and oxygen atoms in total. The van der Waals surface area contributed by atoms with Gasteiger partial charge in [-0.3, -0.25) is 10.2 Å². The summed E-state index contributed by atoms with van der Waals surface area (Å²) < 4.78 is 0. The number of amides is 1. The van der Waals surface area contributed by atoms with Crippen LogP contribution in [0.2, 0.25) is 0 Å². The van der Waals surface area contributed by atoms with E-state index in [0.717, 1.165) is 21.7 Å². The molecule has 33 heavy (non-hydrogen) atoms. The summed E-state index contributed by atoms with van der Waals surface area (Å²) in [4.78, 5) is 23.1. The summed E-state index contributed by atoms with van der Waals surface area (Å²) >= 11 is 2.70. The van der Waals surface area contributed by atoms with Crippen LogP contribution in [0.5, 0.6) is 0 Å². The molecule has 0 unspecified atom stereocenters. The van der Waals surface area contributed by atoms with Gasteiger partial charge in [-0.15, -0.1) is 22.7 Å². The Morgan fingerprint density at radius 2 is 1.73 bits per heavy atom. The van der Waals surface area contributed by atoms with Crippen molar-refractivity contribution in [3.05, 3.63) is 82.2 Å². The van der Waals surface area contributed by atoms with Crippen molar-refractivity contribution < 1.29 is 9.90 Å². The van der Waals surface area contributed by atoms with Crippen molar-refractivity contribution in [3.8, 4) is 11.3 Å². The SMILES string of the molecule is Cc1sc(NN=C2C(=O)N(c3nc(-c4ccccc4)cs3)N=C2c2ccccc2)nc1CO. The number of nitrogens with zero attached hydrogens (tertiary/aromatic N) is 5. The molecule has 164 valence electrons. The minimum atomic E-state index is -0.383. The van der Waals surface area contributed by atoms with Gasteiger partial charge in [0.05, 0.1) is 18.0 Å². The molecule has 0 radical (unpaired) electrons. The number of anilines is 2. The molecule has 10 heteroatoms. The fraction of sp³-hybridized carbons (Fsp3) is 0.0870. The number of hydrogen-bond donors (Lipinski definition) is 2. The first-order valence-corrected chi connectivity index (χ1v) is 11.7. The Morgan fingerprint density at radius 3 is 2.39 bits per heavy atom. The third-order valence-corrected chi connectivity index (χ3v) is 6.65. The molecule has 1 amide bonds. The third kappa shape index (κ3) is 4.19. The zero-order valence-corrected chi connectivity index (χ0v) is 19.1. The van der Waals surface area contributed by atoms with Gasteiger partial charge in [0.2, 0.25) is 10.3 Å². The second kappa shape index (κ2) is 9.02. The van der Waals surface area contributed by atoms with Crippen molar-refractivity contribution in [2.45, 2.75) is 13.5 Å². The standard InChI is InChI=1S/C23H18N6O2S2/c1-14-17(12-30)24-22(33-14)27-26-20-19(16-10-6-3-7-11-16)28-29(21(20)31)23-25-18(13-32-23)15-8-4-2-5-9-15/h2-11,13,30H,12H2,1H3,(H,24,27). The van der Waals surface area contributed by atoms with Crippen LogP contribution in [0.15, 0.2) is 76.2 Å². The van der Waals surface area contributed by atoms with Crippen LogP contribution in [0.25, 0.3) is 11.3 Å². The second-order valence-corrected chi connectivity index (χ2v) is 9.10. The Kier molecular flexibility index (Phi) is 5.78. The van der Waals surface area contributed by atoms with Crippen molar-refractivity contribution >= 4 is 50.3 Å². The van der Waals surface area contributed by atoms with Gasteiger partial charge in [-0.05, 0) is 6.92 Å². The minimum absolute atomic E-state index is 0.155. The minimum Gasteiger partial charge on any atom is -0.390 e. The molecule has 0 atom stereocenters. The Bertz CT molecular complexity index is 1360. The number of hydrazone groups is 2. The summed E-state index contributed by atoms with van der Waals surface area (Å²) in [6.07, 6.45) is 0. The lowest BCUT2D eigenvalue weighted by Crippen LogP contribution is -2.28. The number of rotatable bonds is 6. The lowest BCUT2D eigenvalue weighted by molar-refractivity contribution is -0.112. The number of aliphatic hydroxyl groups excluding tert-OH is 1. The zero-order chi connectivity index (χ0) is 22.8. The lowest BCUT2D eigenvalue weighted by atomic mass is 10.1. The molecule has 0 saturated carbocycles. The molecule has 4 aromatic rings. The van der Waals surface area contributed by atoms with Gasteiger partial charge in [0.15, 0.2) is 5.71 Å². The number of thiazole rings is 2. The molecular weight excluding hydrogens is 456 g/mol. The van der Waals surface area contributed by atoms with E-state index in [2.05, 4.69) is 25.6 Å². The molecule has 0 aliphatic carbocycles. The smallest absolute Gasteiger partial charge is 0.303 e. The highest BCUT2D eigenvalue weighted by atomic mass is 32.1. The van der Waals surface area contributed by atoms with Crippen LogP contribution in [0.3, 0.4) is 0 Å². The molecule has 0 bridgehead atoms. The Labute approximate surface area is 197 Å². The van der Waals surface area contributed by atoms with Crippen LogP contribution in [-0.2, 0) is 11.4 Å². The maximum Gasteiger partial charge on any atom is 0.303 e. The third-order valence-electron chi connectivity index (χ3n) is 4.92. The average Bonchev–Trinajstić information content (AvgIpc) is 3.56. The number of benzene rings is 2. The van der Waals surface area contributed by atoms with Crippen molar-refractivity contribution in [2.75, 3.05) is 10.4 Å². The van der Waals surface area contributed by atoms with E-state index in [0.29, 0.717) is 21.7 Å². The molecular formula is C23H18N6O2S2. The molecule has 1 aliphatic rings. The summed E-state index contributed by atoms with van der Waals surface area (Å²) in [5.74, 6) is -0.383. The van der Waals surface area contributed by atoms with Crippen molar-refractivity contribution in [1.82, 2.24) is 9.97 Å². The van der Waals surface area contributed by atoms with E-state index in [1.807, 2.05) is 73.0 Å². The number of nitrogens with one attached hydrogen (secondary N) is 1. The summed E-state index contributed by atoms with van der Waals surface area (Å²) in [6, 6.07) is 19.2. The van der Waals surface area contributed by atoms with Gasteiger partial charge >= 0.3 is 5.91 Å². The van der Waals surface area contributed by atoms with Crippen LogP contribution < -0.4 is 10.4 Å². The van der Waals surface area contributed by atoms with E-state index in [1.165, 1.54) is 27.7 Å². The van der Waals surface area contributed by atoms with Crippen LogP contribution >= 0.6 is 22.7 Å². The lowest BCUT2D eigenvalue weighted by Gasteiger charge is -2.06. The van der Waals surface area contributed by atoms with Crippen LogP contribution in [0, 0.1) is 6.92 Å². The molecule has 2 N–H and O–H groups in total. The van der Waals surface area contributed by atoms with E-state index in [4.69, 9.17) is 0 Å². The van der Waals surface area contributed by atoms with E-state index in [9.17, 15) is 9.90 Å². The fourth-order valence-electron chi connectivity index (χ4n) is 3.24. The number of carbonyl (C=O) groups is 1. The van der Waals surface area contributed by atoms with Crippen molar-refractivity contribution in [2.24, 2.45) is 10.2 Å². The summed E-state index contributed by atoms with van der Waals surface area (Å²) in [5, 5.41) is 22.4. The van der Waals surface area contributed by atoms with Crippen LogP contribution in [0.4, 0.5) is 10.3 Å². The van der Waals surface area contributed by atoms with Crippen molar-refractivity contribution in [1.29, 1.82) is 0 Å². The highest BCUT2D eigenvalue weighted by Crippen LogP contribution is 2.30. The number of carbonyl (C=O) groups excluding carboxylic acids is 1. The highest BCUT2D eigenvalue weighted by molar-refractivity contribution is 7.15. The van der Waals surface area contributed by atoms with Gasteiger partial charge < -0.3 is 5.11 Å². The summed E-state index contributed by atoms with van der Waals surface area (Å²) in [5.41, 5.74) is 6.55. The van der Waals surface area contributed by atoms with Gasteiger partial charge in [0.25, 0.3) is 0 Å². The zero-order valence-electron chi connectivity index (χ0n) is 17.5. The summed E-state index contributed by atoms with van der Waals surface area (Å²) in [7, 11) is 0. The van der Waals surface area contributed by atoms with E-state index in [1.54, 1.807) is 0 Å². The van der Waals surface area contributed by atoms with Crippen LogP contribution in [0.1, 0.15) is 16.1 Å². The molecule has 5 rings (SSSR count). The number of aromatic nitrogens is 2. The number of hydrogen-bond acceptors (Lipinski definition) is 9. The average molecular weight is 475 g/mol. The van der Waals surface area contributed by atoms with Gasteiger partial charge in [-0.2, -0.15) is 15.2 Å².